The van der Waals surface area contributed by atoms with Gasteiger partial charge in [-0.15, -0.1) is 0 Å². The molecule has 3 rings (SSSR count). The lowest BCUT2D eigenvalue weighted by molar-refractivity contribution is -0.161. The van der Waals surface area contributed by atoms with Crippen molar-refractivity contribution in [2.45, 2.75) is 42.5 Å². The Labute approximate surface area is 144 Å². The van der Waals surface area contributed by atoms with Crippen molar-refractivity contribution in [3.63, 3.8) is 0 Å². The normalized spacial score (nSPS) is 28.8. The molecule has 0 aliphatic carbocycles. The van der Waals surface area contributed by atoms with Crippen molar-refractivity contribution in [2.24, 2.45) is 0 Å². The zero-order chi connectivity index (χ0) is 18.6. The van der Waals surface area contributed by atoms with E-state index in [0.29, 0.717) is 0 Å². The van der Waals surface area contributed by atoms with Crippen LogP contribution in [0.15, 0.2) is 30.3 Å². The molecule has 0 saturated carbocycles. The van der Waals surface area contributed by atoms with Gasteiger partial charge in [-0.1, -0.05) is 30.3 Å². The van der Waals surface area contributed by atoms with Crippen LogP contribution in [0.25, 0.3) is 0 Å². The van der Waals surface area contributed by atoms with Crippen molar-refractivity contribution in [1.82, 2.24) is 10.2 Å². The molecule has 2 N–H and O–H groups in total. The number of nitrogens with one attached hydrogen (secondary N) is 1. The summed E-state index contributed by atoms with van der Waals surface area (Å²) in [5.41, 5.74) is 0.724. The van der Waals surface area contributed by atoms with Crippen molar-refractivity contribution in [3.8, 4) is 0 Å². The van der Waals surface area contributed by atoms with E-state index in [9.17, 15) is 27.9 Å². The smallest absolute Gasteiger partial charge is 0.328 e. The van der Waals surface area contributed by atoms with Crippen LogP contribution in [0.1, 0.15) is 19.4 Å². The van der Waals surface area contributed by atoms with E-state index in [1.165, 1.54) is 13.8 Å². The van der Waals surface area contributed by atoms with E-state index in [-0.39, 0.29) is 6.42 Å². The summed E-state index contributed by atoms with van der Waals surface area (Å²) in [4.78, 5) is 36.8. The molecule has 1 aromatic carbocycles. The minimum absolute atomic E-state index is 0.00311. The van der Waals surface area contributed by atoms with Gasteiger partial charge >= 0.3 is 5.97 Å². The van der Waals surface area contributed by atoms with Crippen LogP contribution in [0.5, 0.6) is 0 Å². The number of amides is 2. The third-order valence-corrected chi connectivity index (χ3v) is 7.65. The molecule has 0 aromatic heterocycles. The molecule has 1 unspecified atom stereocenters. The highest BCUT2D eigenvalue weighted by Crippen LogP contribution is 2.45. The second-order valence-electron chi connectivity index (χ2n) is 6.73. The average Bonchev–Trinajstić information content (AvgIpc) is 2.67. The highest BCUT2D eigenvalue weighted by molar-refractivity contribution is 7.94. The van der Waals surface area contributed by atoms with Gasteiger partial charge in [0.2, 0.25) is 11.8 Å². The number of carboxylic acid groups (broad SMARTS) is 1. The van der Waals surface area contributed by atoms with E-state index >= 15 is 0 Å². The van der Waals surface area contributed by atoms with Crippen LogP contribution in [0, 0.1) is 0 Å². The van der Waals surface area contributed by atoms with Crippen LogP contribution in [-0.2, 0) is 30.6 Å². The van der Waals surface area contributed by atoms with Gasteiger partial charge in [0.1, 0.15) is 16.8 Å². The van der Waals surface area contributed by atoms with E-state index < -0.39 is 49.8 Å². The van der Waals surface area contributed by atoms with Crippen molar-refractivity contribution in [3.05, 3.63) is 35.9 Å². The summed E-state index contributed by atoms with van der Waals surface area (Å²) in [5.74, 6) is -2.55. The second kappa shape index (κ2) is 5.55. The molecule has 2 heterocycles. The van der Waals surface area contributed by atoms with E-state index in [1.807, 2.05) is 0 Å². The fourth-order valence-electron chi connectivity index (χ4n) is 3.45. The topological polar surface area (TPSA) is 121 Å². The molecule has 134 valence electrons. The molecule has 0 bridgehead atoms. The Bertz CT molecular complexity index is 849. The first-order valence-corrected chi connectivity index (χ1v) is 9.25. The highest BCUT2D eigenvalue weighted by atomic mass is 32.2. The maximum Gasteiger partial charge on any atom is 0.328 e. The van der Waals surface area contributed by atoms with Gasteiger partial charge in [0.05, 0.1) is 6.42 Å². The lowest BCUT2D eigenvalue weighted by Crippen LogP contribution is -2.72. The van der Waals surface area contributed by atoms with Gasteiger partial charge in [0.15, 0.2) is 15.2 Å². The monoisotopic (exact) mass is 366 g/mol. The summed E-state index contributed by atoms with van der Waals surface area (Å²) < 4.78 is 23.7. The Morgan fingerprint density at radius 2 is 1.84 bits per heavy atom. The molecular formula is C16H18N2O6S. The van der Waals surface area contributed by atoms with E-state index in [4.69, 9.17) is 0 Å². The first-order valence-electron chi connectivity index (χ1n) is 7.70. The van der Waals surface area contributed by atoms with Gasteiger partial charge in [0.25, 0.3) is 0 Å². The third-order valence-electron chi connectivity index (χ3n) is 4.83. The first kappa shape index (κ1) is 17.4. The molecule has 0 radical (unpaired) electrons. The summed E-state index contributed by atoms with van der Waals surface area (Å²) >= 11 is 0. The molecule has 1 aromatic rings. The number of nitrogens with zero attached hydrogens (tertiary/aromatic N) is 1. The molecule has 2 aliphatic rings. The lowest BCUT2D eigenvalue weighted by atomic mass is 9.96. The predicted molar refractivity (Wildman–Crippen MR) is 87.1 cm³/mol. The first-order chi connectivity index (χ1) is 11.6. The molecule has 2 fully saturated rings. The largest absolute Gasteiger partial charge is 0.480 e. The fraction of sp³-hybridized carbons (Fsp3) is 0.438. The summed E-state index contributed by atoms with van der Waals surface area (Å²) in [7, 11) is -3.95. The SMILES string of the molecule is CC1(C)[C@H](C(=O)O)N2C(=O)C(NC(=O)Cc3ccccc3)[C@H]2S1(=O)=O. The highest BCUT2D eigenvalue weighted by Gasteiger charge is 2.72. The van der Waals surface area contributed by atoms with Crippen LogP contribution < -0.4 is 5.32 Å². The Morgan fingerprint density at radius 3 is 2.40 bits per heavy atom. The van der Waals surface area contributed by atoms with E-state index in [0.717, 1.165) is 10.5 Å². The van der Waals surface area contributed by atoms with Gasteiger partial charge in [-0.2, -0.15) is 0 Å². The Hall–Kier alpha value is -2.42. The summed E-state index contributed by atoms with van der Waals surface area (Å²) in [6.07, 6.45) is 0.00311. The van der Waals surface area contributed by atoms with Gasteiger partial charge in [0, 0.05) is 0 Å². The quantitative estimate of drug-likeness (QED) is 0.696. The molecule has 8 nitrogen and oxygen atoms in total. The number of hydrogen-bond acceptors (Lipinski definition) is 5. The van der Waals surface area contributed by atoms with E-state index in [1.54, 1.807) is 30.3 Å². The summed E-state index contributed by atoms with van der Waals surface area (Å²) in [6.45, 7) is 2.57. The Balaban J connectivity index is 1.81. The standard InChI is InChI=1S/C16H18N2O6S/c1-16(2)12(15(21)22)18-13(20)11(14(18)25(16,23)24)17-10(19)8-9-6-4-3-5-7-9/h3-7,11-12,14H,8H2,1-2H3,(H,17,19)(H,21,22)/t11?,12-,14+/m0/s1. The van der Waals surface area contributed by atoms with Crippen LogP contribution in [0.2, 0.25) is 0 Å². The molecular weight excluding hydrogens is 348 g/mol. The van der Waals surface area contributed by atoms with Crippen molar-refractivity contribution in [1.29, 1.82) is 0 Å². The third kappa shape index (κ3) is 2.41. The number of hydrogen-bond donors (Lipinski definition) is 2. The Morgan fingerprint density at radius 1 is 1.24 bits per heavy atom. The minimum Gasteiger partial charge on any atom is -0.480 e. The minimum atomic E-state index is -3.95. The average molecular weight is 366 g/mol. The Kier molecular flexibility index (Phi) is 3.86. The van der Waals surface area contributed by atoms with Crippen molar-refractivity contribution < 1.29 is 27.9 Å². The van der Waals surface area contributed by atoms with Crippen LogP contribution in [0.4, 0.5) is 0 Å². The number of sulfone groups is 1. The predicted octanol–water partition coefficient (Wildman–Crippen LogP) is -0.458. The zero-order valence-electron chi connectivity index (χ0n) is 13.7. The zero-order valence-corrected chi connectivity index (χ0v) is 14.5. The van der Waals surface area contributed by atoms with Crippen LogP contribution >= 0.6 is 0 Å². The molecule has 0 spiro atoms. The van der Waals surface area contributed by atoms with Crippen molar-refractivity contribution >= 4 is 27.6 Å². The number of rotatable bonds is 4. The molecule has 2 amide bonds. The fourth-order valence-corrected chi connectivity index (χ4v) is 5.66. The van der Waals surface area contributed by atoms with Gasteiger partial charge < -0.3 is 15.3 Å². The number of fused-ring (bicyclic) bond motifs is 1. The van der Waals surface area contributed by atoms with Gasteiger partial charge in [-0.3, -0.25) is 9.59 Å². The summed E-state index contributed by atoms with van der Waals surface area (Å²) in [5, 5.41) is 10.4. The van der Waals surface area contributed by atoms with Crippen LogP contribution in [-0.4, -0.2) is 58.4 Å². The number of aliphatic carboxylic acids is 1. The number of carbonyl (C=O) groups excluding carboxylic acids is 2. The number of benzene rings is 1. The number of carboxylic acids is 1. The number of β-lactam (4-membered cyclic amide) rings is 1. The molecule has 2 saturated heterocycles. The van der Waals surface area contributed by atoms with E-state index in [2.05, 4.69) is 5.32 Å². The molecule has 3 atom stereocenters. The maximum absolute atomic E-state index is 12.7. The number of carbonyl (C=O) groups is 3. The lowest BCUT2D eigenvalue weighted by Gasteiger charge is -2.42. The van der Waals surface area contributed by atoms with Crippen LogP contribution in [0.3, 0.4) is 0 Å². The molecule has 9 heteroatoms. The molecule has 25 heavy (non-hydrogen) atoms. The van der Waals surface area contributed by atoms with Gasteiger partial charge in [-0.05, 0) is 19.4 Å². The summed E-state index contributed by atoms with van der Waals surface area (Å²) in [6, 6.07) is 6.10. The molecule has 2 aliphatic heterocycles. The second-order valence-corrected chi connectivity index (χ2v) is 9.36. The van der Waals surface area contributed by atoms with Gasteiger partial charge in [-0.25, -0.2) is 13.2 Å². The maximum atomic E-state index is 12.7. The van der Waals surface area contributed by atoms with Crippen molar-refractivity contribution in [2.75, 3.05) is 0 Å².